The van der Waals surface area contributed by atoms with Gasteiger partial charge in [-0.25, -0.2) is 0 Å². The van der Waals surface area contributed by atoms with E-state index >= 15 is 0 Å². The summed E-state index contributed by atoms with van der Waals surface area (Å²) in [6.45, 7) is -0.0405. The van der Waals surface area contributed by atoms with E-state index in [1.165, 1.54) is 10.9 Å². The van der Waals surface area contributed by atoms with Gasteiger partial charge in [0.05, 0.1) is 5.02 Å². The van der Waals surface area contributed by atoms with Crippen LogP contribution in [-0.2, 0) is 6.54 Å². The summed E-state index contributed by atoms with van der Waals surface area (Å²) in [6, 6.07) is 14.1. The molecule has 0 spiro atoms. The maximum Gasteiger partial charge on any atom is 0.204 e. The molecule has 0 fully saturated rings. The first-order valence-electron chi connectivity index (χ1n) is 6.45. The number of rotatable bonds is 4. The highest BCUT2D eigenvalue weighted by Gasteiger charge is 2.14. The fourth-order valence-electron chi connectivity index (χ4n) is 1.94. The summed E-state index contributed by atoms with van der Waals surface area (Å²) >= 11 is 11.8. The predicted molar refractivity (Wildman–Crippen MR) is 84.0 cm³/mol. The zero-order valence-corrected chi connectivity index (χ0v) is 12.8. The summed E-state index contributed by atoms with van der Waals surface area (Å²) < 4.78 is 0. The van der Waals surface area contributed by atoms with Crippen LogP contribution in [0.4, 0.5) is 0 Å². The van der Waals surface area contributed by atoms with Crippen molar-refractivity contribution in [1.29, 1.82) is 0 Å². The van der Waals surface area contributed by atoms with E-state index in [0.717, 1.165) is 5.56 Å². The van der Waals surface area contributed by atoms with Gasteiger partial charge in [0.2, 0.25) is 5.82 Å². The van der Waals surface area contributed by atoms with Crippen molar-refractivity contribution >= 4 is 29.0 Å². The fourth-order valence-corrected chi connectivity index (χ4v) is 2.46. The first kappa shape index (κ1) is 14.7. The second-order valence-corrected chi connectivity index (χ2v) is 5.40. The molecule has 0 atom stereocenters. The van der Waals surface area contributed by atoms with Gasteiger partial charge in [-0.2, -0.15) is 4.80 Å². The number of benzene rings is 2. The van der Waals surface area contributed by atoms with Crippen molar-refractivity contribution in [2.24, 2.45) is 0 Å². The van der Waals surface area contributed by atoms with Crippen LogP contribution in [-0.4, -0.2) is 26.0 Å². The predicted octanol–water partition coefficient (Wildman–Crippen LogP) is 3.53. The lowest BCUT2D eigenvalue weighted by Crippen LogP contribution is -2.13. The molecule has 0 aliphatic carbocycles. The molecule has 0 saturated heterocycles. The number of Topliss-reactive ketones (excluding diaryl/α,β-unsaturated/α-hetero) is 1. The van der Waals surface area contributed by atoms with Crippen LogP contribution in [0.3, 0.4) is 0 Å². The normalized spacial score (nSPS) is 10.6. The Hall–Kier alpha value is -2.24. The summed E-state index contributed by atoms with van der Waals surface area (Å²) in [5.74, 6) is 0.259. The number of carbonyl (C=O) groups excluding carboxylic acids is 1. The standard InChI is InChI=1S/C15H10Cl2N4O/c16-11-6-7-12(13(17)8-11)14(22)9-21-19-15(18-20-21)10-4-2-1-3-5-10/h1-8H,9H2. The van der Waals surface area contributed by atoms with Crippen molar-refractivity contribution < 1.29 is 4.79 Å². The van der Waals surface area contributed by atoms with E-state index in [4.69, 9.17) is 23.2 Å². The lowest BCUT2D eigenvalue weighted by molar-refractivity contribution is 0.0961. The fraction of sp³-hybridized carbons (Fsp3) is 0.0667. The molecular weight excluding hydrogens is 323 g/mol. The monoisotopic (exact) mass is 332 g/mol. The van der Waals surface area contributed by atoms with Crippen molar-refractivity contribution in [3.8, 4) is 11.4 Å². The molecule has 22 heavy (non-hydrogen) atoms. The molecular formula is C15H10Cl2N4O. The molecule has 0 radical (unpaired) electrons. The molecule has 0 amide bonds. The molecule has 3 aromatic rings. The number of halogens is 2. The van der Waals surface area contributed by atoms with Gasteiger partial charge in [-0.15, -0.1) is 10.2 Å². The topological polar surface area (TPSA) is 60.7 Å². The second-order valence-electron chi connectivity index (χ2n) is 4.56. The van der Waals surface area contributed by atoms with E-state index in [0.29, 0.717) is 21.4 Å². The third-order valence-corrected chi connectivity index (χ3v) is 3.55. The lowest BCUT2D eigenvalue weighted by Gasteiger charge is -2.03. The second kappa shape index (κ2) is 6.25. The van der Waals surface area contributed by atoms with Crippen LogP contribution in [0.25, 0.3) is 11.4 Å². The van der Waals surface area contributed by atoms with E-state index < -0.39 is 0 Å². The van der Waals surface area contributed by atoms with Gasteiger partial charge in [-0.05, 0) is 23.4 Å². The van der Waals surface area contributed by atoms with E-state index in [9.17, 15) is 4.79 Å². The number of tetrazole rings is 1. The minimum absolute atomic E-state index is 0.0405. The maximum atomic E-state index is 12.2. The summed E-state index contributed by atoms with van der Waals surface area (Å²) in [5, 5.41) is 12.8. The van der Waals surface area contributed by atoms with Gasteiger partial charge in [0, 0.05) is 16.1 Å². The first-order valence-corrected chi connectivity index (χ1v) is 7.20. The molecule has 110 valence electrons. The van der Waals surface area contributed by atoms with E-state index in [2.05, 4.69) is 15.4 Å². The molecule has 0 unspecified atom stereocenters. The number of nitrogens with zero attached hydrogens (tertiary/aromatic N) is 4. The van der Waals surface area contributed by atoms with Gasteiger partial charge in [0.25, 0.3) is 0 Å². The largest absolute Gasteiger partial charge is 0.292 e. The van der Waals surface area contributed by atoms with Gasteiger partial charge in [0.15, 0.2) is 5.78 Å². The molecule has 1 aromatic heterocycles. The Balaban J connectivity index is 1.79. The number of hydrogen-bond donors (Lipinski definition) is 0. The Morgan fingerprint density at radius 3 is 2.59 bits per heavy atom. The summed E-state index contributed by atoms with van der Waals surface area (Å²) in [5.41, 5.74) is 1.22. The average molecular weight is 333 g/mol. The molecule has 0 aliphatic heterocycles. The maximum absolute atomic E-state index is 12.2. The van der Waals surface area contributed by atoms with Crippen LogP contribution in [0.15, 0.2) is 48.5 Å². The van der Waals surface area contributed by atoms with E-state index in [-0.39, 0.29) is 12.3 Å². The summed E-state index contributed by atoms with van der Waals surface area (Å²) in [7, 11) is 0. The van der Waals surface area contributed by atoms with E-state index in [1.807, 2.05) is 30.3 Å². The highest BCUT2D eigenvalue weighted by atomic mass is 35.5. The number of ketones is 1. The Labute approximate surface area is 136 Å². The minimum Gasteiger partial charge on any atom is -0.292 e. The van der Waals surface area contributed by atoms with Crippen molar-refractivity contribution in [2.45, 2.75) is 6.54 Å². The highest BCUT2D eigenvalue weighted by molar-refractivity contribution is 6.36. The van der Waals surface area contributed by atoms with Crippen molar-refractivity contribution in [3.05, 3.63) is 64.1 Å². The summed E-state index contributed by atoms with van der Waals surface area (Å²) in [4.78, 5) is 13.5. The van der Waals surface area contributed by atoms with Gasteiger partial charge in [-0.3, -0.25) is 4.79 Å². The summed E-state index contributed by atoms with van der Waals surface area (Å²) in [6.07, 6.45) is 0. The van der Waals surface area contributed by atoms with Crippen LogP contribution in [0.5, 0.6) is 0 Å². The molecule has 0 aliphatic rings. The third kappa shape index (κ3) is 3.16. The van der Waals surface area contributed by atoms with E-state index in [1.54, 1.807) is 12.1 Å². The molecule has 7 heteroatoms. The molecule has 0 bridgehead atoms. The van der Waals surface area contributed by atoms with Crippen LogP contribution < -0.4 is 0 Å². The molecule has 0 N–H and O–H groups in total. The number of aromatic nitrogens is 4. The number of carbonyl (C=O) groups is 1. The van der Waals surface area contributed by atoms with Crippen molar-refractivity contribution in [3.63, 3.8) is 0 Å². The molecule has 2 aromatic carbocycles. The van der Waals surface area contributed by atoms with Gasteiger partial charge < -0.3 is 0 Å². The Morgan fingerprint density at radius 1 is 1.09 bits per heavy atom. The van der Waals surface area contributed by atoms with Crippen LogP contribution >= 0.6 is 23.2 Å². The quantitative estimate of drug-likeness (QED) is 0.685. The third-order valence-electron chi connectivity index (χ3n) is 3.00. The Bertz CT molecular complexity index is 817. The molecule has 1 heterocycles. The van der Waals surface area contributed by atoms with Crippen LogP contribution in [0.1, 0.15) is 10.4 Å². The number of hydrogen-bond acceptors (Lipinski definition) is 4. The highest BCUT2D eigenvalue weighted by Crippen LogP contribution is 2.21. The van der Waals surface area contributed by atoms with Gasteiger partial charge >= 0.3 is 0 Å². The lowest BCUT2D eigenvalue weighted by atomic mass is 10.1. The Kier molecular flexibility index (Phi) is 4.18. The van der Waals surface area contributed by atoms with Crippen LogP contribution in [0.2, 0.25) is 10.0 Å². The minimum atomic E-state index is -0.210. The van der Waals surface area contributed by atoms with Gasteiger partial charge in [-0.1, -0.05) is 53.5 Å². The molecule has 3 rings (SSSR count). The SMILES string of the molecule is O=C(Cn1nnc(-c2ccccc2)n1)c1ccc(Cl)cc1Cl. The zero-order chi connectivity index (χ0) is 15.5. The zero-order valence-electron chi connectivity index (χ0n) is 11.3. The first-order chi connectivity index (χ1) is 10.6. The average Bonchev–Trinajstić information content (AvgIpc) is 2.96. The molecule has 5 nitrogen and oxygen atoms in total. The Morgan fingerprint density at radius 2 is 1.86 bits per heavy atom. The van der Waals surface area contributed by atoms with Crippen LogP contribution in [0, 0.1) is 0 Å². The van der Waals surface area contributed by atoms with Crippen molar-refractivity contribution in [1.82, 2.24) is 20.2 Å². The molecule has 0 saturated carbocycles. The smallest absolute Gasteiger partial charge is 0.204 e. The van der Waals surface area contributed by atoms with Crippen molar-refractivity contribution in [2.75, 3.05) is 0 Å². The van der Waals surface area contributed by atoms with Gasteiger partial charge in [0.1, 0.15) is 6.54 Å².